The molecule has 0 amide bonds. The van der Waals surface area contributed by atoms with Gasteiger partial charge in [0, 0.05) is 65.3 Å². The zero-order chi connectivity index (χ0) is 28.1. The van der Waals surface area contributed by atoms with E-state index in [2.05, 4.69) is 40.5 Å². The Hall–Kier alpha value is -2.40. The molecule has 41 heavy (non-hydrogen) atoms. The molecule has 1 N–H and O–H groups in total. The molecule has 1 unspecified atom stereocenters. The van der Waals surface area contributed by atoms with E-state index in [1.165, 1.54) is 5.56 Å². The molecule has 9 heteroatoms. The quantitative estimate of drug-likeness (QED) is 0.305. The number of epoxide rings is 1. The summed E-state index contributed by atoms with van der Waals surface area (Å²) >= 11 is 0. The van der Waals surface area contributed by atoms with E-state index in [1.807, 2.05) is 12.1 Å². The second-order valence-corrected chi connectivity index (χ2v) is 11.4. The van der Waals surface area contributed by atoms with Gasteiger partial charge in [0.15, 0.2) is 0 Å². The van der Waals surface area contributed by atoms with E-state index in [9.17, 15) is 0 Å². The molecule has 4 aliphatic heterocycles. The zero-order valence-electron chi connectivity index (χ0n) is 24.3. The molecule has 4 heterocycles. The van der Waals surface area contributed by atoms with Crippen LogP contribution in [0.5, 0.6) is 11.5 Å². The predicted octanol–water partition coefficient (Wildman–Crippen LogP) is 3.54. The molecular formula is C32H44N2O7. The van der Waals surface area contributed by atoms with Gasteiger partial charge in [0.05, 0.1) is 44.8 Å². The number of hydrogen-bond donors (Lipinski definition) is 1. The summed E-state index contributed by atoms with van der Waals surface area (Å²) in [5.41, 5.74) is 3.42. The van der Waals surface area contributed by atoms with Crippen molar-refractivity contribution in [2.24, 2.45) is 0 Å². The van der Waals surface area contributed by atoms with Gasteiger partial charge in [-0.25, -0.2) is 0 Å². The summed E-state index contributed by atoms with van der Waals surface area (Å²) < 4.78 is 41.6. The number of rotatable bonds is 12. The van der Waals surface area contributed by atoms with Crippen LogP contribution in [0.15, 0.2) is 42.5 Å². The molecule has 4 atom stereocenters. The van der Waals surface area contributed by atoms with Crippen molar-refractivity contribution in [2.75, 3.05) is 78.3 Å². The minimum absolute atomic E-state index is 0.0311. The van der Waals surface area contributed by atoms with E-state index >= 15 is 0 Å². The first kappa shape index (κ1) is 28.7. The van der Waals surface area contributed by atoms with Crippen LogP contribution in [-0.4, -0.2) is 97.3 Å². The van der Waals surface area contributed by atoms with Crippen molar-refractivity contribution in [3.8, 4) is 11.5 Å². The molecule has 2 aromatic carbocycles. The van der Waals surface area contributed by atoms with Crippen molar-refractivity contribution in [1.29, 1.82) is 0 Å². The number of anilines is 1. The molecule has 2 aromatic rings. The minimum atomic E-state index is -0.0515. The summed E-state index contributed by atoms with van der Waals surface area (Å²) in [6, 6.07) is 14.7. The molecule has 1 spiro atoms. The van der Waals surface area contributed by atoms with Gasteiger partial charge in [-0.05, 0) is 41.8 Å². The standard InChI is InChI=1S/C32H44N2O7/c1-35-14-3-12-34-13-17-38-27-9-4-23(18-26(27)34)21-39-28-19-33-20-29(31(28)24-5-7-25(36-2)8-6-24)40-22-30-32(41-30)10-15-37-16-11-32/h4-9,18,28-31,33H,3,10-17,19-22H2,1-2H3/t28-,29+,30?,31+/m0/s1. The van der Waals surface area contributed by atoms with Gasteiger partial charge in [-0.2, -0.15) is 0 Å². The molecule has 3 fully saturated rings. The lowest BCUT2D eigenvalue weighted by Crippen LogP contribution is -2.51. The fourth-order valence-corrected chi connectivity index (χ4v) is 6.49. The monoisotopic (exact) mass is 568 g/mol. The first-order valence-corrected chi connectivity index (χ1v) is 15.0. The van der Waals surface area contributed by atoms with Crippen molar-refractivity contribution in [3.63, 3.8) is 0 Å². The van der Waals surface area contributed by atoms with Crippen molar-refractivity contribution in [3.05, 3.63) is 53.6 Å². The minimum Gasteiger partial charge on any atom is -0.497 e. The van der Waals surface area contributed by atoms with Gasteiger partial charge in [-0.15, -0.1) is 0 Å². The van der Waals surface area contributed by atoms with Gasteiger partial charge < -0.3 is 43.4 Å². The second kappa shape index (κ2) is 13.3. The first-order valence-electron chi connectivity index (χ1n) is 15.0. The van der Waals surface area contributed by atoms with Gasteiger partial charge in [-0.3, -0.25) is 0 Å². The van der Waals surface area contributed by atoms with Crippen LogP contribution in [0.1, 0.15) is 36.3 Å². The molecule has 0 bridgehead atoms. The maximum Gasteiger partial charge on any atom is 0.142 e. The number of benzene rings is 2. The second-order valence-electron chi connectivity index (χ2n) is 11.4. The summed E-state index contributed by atoms with van der Waals surface area (Å²) in [6.07, 6.45) is 2.95. The van der Waals surface area contributed by atoms with Crippen LogP contribution < -0.4 is 19.7 Å². The van der Waals surface area contributed by atoms with E-state index in [1.54, 1.807) is 14.2 Å². The smallest absolute Gasteiger partial charge is 0.142 e. The molecule has 0 saturated carbocycles. The molecule has 6 rings (SSSR count). The SMILES string of the molecule is COCCCN1CCOc2ccc(CO[C@H]3CNC[C@@H](OCC4OC45CCOCC5)[C@@H]3c3ccc(OC)cc3)cc21. The van der Waals surface area contributed by atoms with Gasteiger partial charge in [-0.1, -0.05) is 18.2 Å². The third-order valence-corrected chi connectivity index (χ3v) is 8.92. The number of methoxy groups -OCH3 is 2. The lowest BCUT2D eigenvalue weighted by atomic mass is 9.85. The molecule has 0 aliphatic carbocycles. The van der Waals surface area contributed by atoms with Crippen molar-refractivity contribution < 1.29 is 33.2 Å². The average molecular weight is 569 g/mol. The van der Waals surface area contributed by atoms with Crippen LogP contribution in [0.2, 0.25) is 0 Å². The maximum atomic E-state index is 6.68. The van der Waals surface area contributed by atoms with Crippen LogP contribution in [0.3, 0.4) is 0 Å². The molecule has 0 aromatic heterocycles. The third-order valence-electron chi connectivity index (χ3n) is 8.92. The summed E-state index contributed by atoms with van der Waals surface area (Å²) in [5.74, 6) is 1.86. The number of nitrogens with one attached hydrogen (secondary N) is 1. The highest BCUT2D eigenvalue weighted by Crippen LogP contribution is 2.45. The largest absolute Gasteiger partial charge is 0.497 e. The van der Waals surface area contributed by atoms with Crippen molar-refractivity contribution >= 4 is 5.69 Å². The molecule has 4 aliphatic rings. The Kier molecular flexibility index (Phi) is 9.29. The molecule has 9 nitrogen and oxygen atoms in total. The Labute approximate surface area is 243 Å². The highest BCUT2D eigenvalue weighted by molar-refractivity contribution is 5.61. The normalized spacial score (nSPS) is 26.8. The number of ether oxygens (including phenoxy) is 7. The van der Waals surface area contributed by atoms with Crippen LogP contribution in [0, 0.1) is 0 Å². The van der Waals surface area contributed by atoms with E-state index in [0.717, 1.165) is 88.0 Å². The maximum absolute atomic E-state index is 6.68. The summed E-state index contributed by atoms with van der Waals surface area (Å²) in [7, 11) is 3.45. The Balaban J connectivity index is 1.14. The Morgan fingerprint density at radius 3 is 2.56 bits per heavy atom. The van der Waals surface area contributed by atoms with E-state index in [4.69, 9.17) is 33.2 Å². The van der Waals surface area contributed by atoms with Crippen LogP contribution in [-0.2, 0) is 30.3 Å². The van der Waals surface area contributed by atoms with Crippen LogP contribution in [0.25, 0.3) is 0 Å². The number of piperidine rings is 1. The first-order chi connectivity index (χ1) is 20.2. The fraction of sp³-hybridized carbons (Fsp3) is 0.625. The van der Waals surface area contributed by atoms with Gasteiger partial charge in [0.2, 0.25) is 0 Å². The topological polar surface area (TPSA) is 83.2 Å². The Bertz CT molecular complexity index is 1120. The van der Waals surface area contributed by atoms with Crippen molar-refractivity contribution in [2.45, 2.75) is 55.7 Å². The third kappa shape index (κ3) is 6.66. The number of hydrogen-bond acceptors (Lipinski definition) is 9. The van der Waals surface area contributed by atoms with E-state index < -0.39 is 0 Å². The summed E-state index contributed by atoms with van der Waals surface area (Å²) in [6.45, 7) is 7.45. The molecule has 0 radical (unpaired) electrons. The zero-order valence-corrected chi connectivity index (χ0v) is 24.3. The highest BCUT2D eigenvalue weighted by Gasteiger charge is 2.57. The molecule has 224 valence electrons. The van der Waals surface area contributed by atoms with Gasteiger partial charge in [0.25, 0.3) is 0 Å². The summed E-state index contributed by atoms with van der Waals surface area (Å²) in [4.78, 5) is 2.39. The van der Waals surface area contributed by atoms with E-state index in [0.29, 0.717) is 19.8 Å². The lowest BCUT2D eigenvalue weighted by Gasteiger charge is -2.39. The van der Waals surface area contributed by atoms with E-state index in [-0.39, 0.29) is 29.8 Å². The van der Waals surface area contributed by atoms with Gasteiger partial charge >= 0.3 is 0 Å². The fourth-order valence-electron chi connectivity index (χ4n) is 6.49. The van der Waals surface area contributed by atoms with Crippen molar-refractivity contribution in [1.82, 2.24) is 5.32 Å². The number of fused-ring (bicyclic) bond motifs is 1. The van der Waals surface area contributed by atoms with Crippen LogP contribution >= 0.6 is 0 Å². The number of nitrogens with zero attached hydrogens (tertiary/aromatic N) is 1. The molecular weight excluding hydrogens is 524 g/mol. The predicted molar refractivity (Wildman–Crippen MR) is 155 cm³/mol. The average Bonchev–Trinajstić information content (AvgIpc) is 3.69. The Morgan fingerprint density at radius 1 is 0.976 bits per heavy atom. The van der Waals surface area contributed by atoms with Gasteiger partial charge in [0.1, 0.15) is 29.8 Å². The summed E-state index contributed by atoms with van der Waals surface area (Å²) in [5, 5.41) is 3.57. The van der Waals surface area contributed by atoms with Crippen LogP contribution in [0.4, 0.5) is 5.69 Å². The Morgan fingerprint density at radius 2 is 1.78 bits per heavy atom. The lowest BCUT2D eigenvalue weighted by molar-refractivity contribution is -0.0625. The highest BCUT2D eigenvalue weighted by atomic mass is 16.6. The molecule has 3 saturated heterocycles.